The first-order valence-corrected chi connectivity index (χ1v) is 5.96. The third-order valence-electron chi connectivity index (χ3n) is 2.82. The third-order valence-corrected chi connectivity index (χ3v) is 2.82. The highest BCUT2D eigenvalue weighted by molar-refractivity contribution is 5.93. The highest BCUT2D eigenvalue weighted by atomic mass is 19.4. The molecule has 11 heteroatoms. The van der Waals surface area contributed by atoms with Crippen LogP contribution in [0.3, 0.4) is 0 Å². The second-order valence-corrected chi connectivity index (χ2v) is 4.41. The highest BCUT2D eigenvalue weighted by Crippen LogP contribution is 2.45. The monoisotopic (exact) mass is 350 g/mol. The molecule has 1 aromatic rings. The van der Waals surface area contributed by atoms with Crippen LogP contribution in [0.4, 0.5) is 27.6 Å². The van der Waals surface area contributed by atoms with Crippen molar-refractivity contribution in [3.8, 4) is 6.07 Å². The van der Waals surface area contributed by atoms with Gasteiger partial charge in [-0.25, -0.2) is 4.79 Å². The van der Waals surface area contributed by atoms with E-state index in [2.05, 4.69) is 0 Å². The molecule has 0 aliphatic heterocycles. The Balaban J connectivity index is 3.53. The lowest BCUT2D eigenvalue weighted by Gasteiger charge is -2.19. The molecule has 1 N–H and O–H groups in total. The number of carboxylic acids is 1. The van der Waals surface area contributed by atoms with E-state index in [-0.39, 0.29) is 6.07 Å². The number of aliphatic carboxylic acids is 1. The van der Waals surface area contributed by atoms with Crippen LogP contribution in [-0.4, -0.2) is 22.2 Å². The van der Waals surface area contributed by atoms with Crippen LogP contribution in [0.25, 0.3) is 6.08 Å². The maximum atomic E-state index is 13.2. The average Bonchev–Trinajstić information content (AvgIpc) is 2.45. The summed E-state index contributed by atoms with van der Waals surface area (Å²) < 4.78 is 63.5. The second-order valence-electron chi connectivity index (χ2n) is 4.41. The smallest absolute Gasteiger partial charge is 0.458 e. The molecule has 0 atom stereocenters. The number of alkyl halides is 5. The lowest BCUT2D eigenvalue weighted by atomic mass is 10.0. The maximum Gasteiger partial charge on any atom is 0.458 e. The van der Waals surface area contributed by atoms with E-state index in [4.69, 9.17) is 10.4 Å². The molecule has 0 amide bonds. The van der Waals surface area contributed by atoms with E-state index >= 15 is 0 Å². The number of carbonyl (C=O) groups is 1. The number of benzene rings is 1. The van der Waals surface area contributed by atoms with Gasteiger partial charge >= 0.3 is 18.1 Å². The molecule has 0 fully saturated rings. The SMILES string of the molecule is N#CCC(=Cc1ccc(C(F)(F)C(F)(F)F)cc1[N+](=O)[O-])C(=O)O. The van der Waals surface area contributed by atoms with Gasteiger partial charge in [-0.05, 0) is 12.1 Å². The van der Waals surface area contributed by atoms with Gasteiger partial charge in [-0.15, -0.1) is 0 Å². The minimum Gasteiger partial charge on any atom is -0.478 e. The number of nitriles is 1. The number of rotatable bonds is 5. The number of nitro benzene ring substituents is 1. The molecule has 0 aromatic heterocycles. The third kappa shape index (κ3) is 3.83. The van der Waals surface area contributed by atoms with Gasteiger partial charge in [-0.3, -0.25) is 10.1 Å². The summed E-state index contributed by atoms with van der Waals surface area (Å²) in [5, 5.41) is 28.2. The van der Waals surface area contributed by atoms with Crippen molar-refractivity contribution in [2.24, 2.45) is 0 Å². The van der Waals surface area contributed by atoms with Gasteiger partial charge in [0.25, 0.3) is 5.69 Å². The quantitative estimate of drug-likeness (QED) is 0.378. The van der Waals surface area contributed by atoms with Gasteiger partial charge in [0.15, 0.2) is 0 Å². The van der Waals surface area contributed by atoms with E-state index in [9.17, 15) is 36.9 Å². The molecule has 0 spiro atoms. The molecule has 1 aromatic carbocycles. The van der Waals surface area contributed by atoms with Crippen molar-refractivity contribution < 1.29 is 36.8 Å². The molecule has 0 bridgehead atoms. The number of carboxylic acid groups (broad SMARTS) is 1. The zero-order valence-corrected chi connectivity index (χ0v) is 11.5. The van der Waals surface area contributed by atoms with Gasteiger partial charge in [0.1, 0.15) is 0 Å². The van der Waals surface area contributed by atoms with Crippen molar-refractivity contribution >= 4 is 17.7 Å². The van der Waals surface area contributed by atoms with Crippen molar-refractivity contribution in [1.82, 2.24) is 0 Å². The number of nitro groups is 1. The molecule has 0 saturated carbocycles. The molecule has 0 saturated heterocycles. The first-order chi connectivity index (χ1) is 10.9. The van der Waals surface area contributed by atoms with E-state index in [1.165, 1.54) is 6.07 Å². The summed E-state index contributed by atoms with van der Waals surface area (Å²) in [7, 11) is 0. The Labute approximate surface area is 130 Å². The predicted octanol–water partition coefficient (Wildman–Crippen LogP) is 3.63. The van der Waals surface area contributed by atoms with Gasteiger partial charge in [-0.2, -0.15) is 27.2 Å². The Morgan fingerprint density at radius 1 is 1.33 bits per heavy atom. The first kappa shape index (κ1) is 19.0. The van der Waals surface area contributed by atoms with Gasteiger partial charge < -0.3 is 5.11 Å². The Bertz CT molecular complexity index is 750. The summed E-state index contributed by atoms with van der Waals surface area (Å²) in [6.07, 6.45) is -5.93. The molecule has 6 nitrogen and oxygen atoms in total. The summed E-state index contributed by atoms with van der Waals surface area (Å²) in [5.41, 5.74) is -3.91. The lowest BCUT2D eigenvalue weighted by Crippen LogP contribution is -2.33. The van der Waals surface area contributed by atoms with Gasteiger partial charge in [0.05, 0.1) is 28.5 Å². The average molecular weight is 350 g/mol. The molecule has 0 aliphatic rings. The minimum atomic E-state index is -5.95. The van der Waals surface area contributed by atoms with Crippen LogP contribution in [0.1, 0.15) is 17.5 Å². The summed E-state index contributed by atoms with van der Waals surface area (Å²) in [5.74, 6) is -6.90. The Kier molecular flexibility index (Phi) is 5.24. The first-order valence-electron chi connectivity index (χ1n) is 5.96. The Morgan fingerprint density at radius 3 is 2.33 bits per heavy atom. The van der Waals surface area contributed by atoms with Crippen molar-refractivity contribution in [2.45, 2.75) is 18.5 Å². The number of hydrogen-bond donors (Lipinski definition) is 1. The van der Waals surface area contributed by atoms with Crippen LogP contribution in [0.2, 0.25) is 0 Å². The zero-order valence-electron chi connectivity index (χ0n) is 11.5. The maximum absolute atomic E-state index is 13.2. The van der Waals surface area contributed by atoms with Crippen molar-refractivity contribution in [1.29, 1.82) is 5.26 Å². The predicted molar refractivity (Wildman–Crippen MR) is 68.9 cm³/mol. The molecule has 1 rings (SSSR count). The van der Waals surface area contributed by atoms with Gasteiger partial charge in [0.2, 0.25) is 0 Å². The second kappa shape index (κ2) is 6.61. The van der Waals surface area contributed by atoms with Crippen LogP contribution >= 0.6 is 0 Å². The molecule has 0 aliphatic carbocycles. The Morgan fingerprint density at radius 2 is 1.92 bits per heavy atom. The fraction of sp³-hybridized carbons (Fsp3) is 0.231. The largest absolute Gasteiger partial charge is 0.478 e. The van der Waals surface area contributed by atoms with Crippen molar-refractivity contribution in [3.63, 3.8) is 0 Å². The fourth-order valence-electron chi connectivity index (χ4n) is 1.64. The molecule has 24 heavy (non-hydrogen) atoms. The van der Waals surface area contributed by atoms with Crippen LogP contribution in [-0.2, 0) is 10.7 Å². The number of hydrogen-bond acceptors (Lipinski definition) is 4. The van der Waals surface area contributed by atoms with Crippen LogP contribution in [0, 0.1) is 21.4 Å². The van der Waals surface area contributed by atoms with E-state index in [1.807, 2.05) is 0 Å². The molecular formula is C13H7F5N2O4. The standard InChI is InChI=1S/C13H7F5N2O4/c14-12(15,13(16,17)18)9-2-1-7(10(6-9)20(23)24)5-8(3-4-19)11(21)22/h1-2,5-6H,3H2,(H,21,22). The van der Waals surface area contributed by atoms with Crippen LogP contribution in [0.15, 0.2) is 23.8 Å². The van der Waals surface area contributed by atoms with E-state index in [0.717, 1.165) is 0 Å². The molecule has 0 heterocycles. The minimum absolute atomic E-state index is 0.0190. The van der Waals surface area contributed by atoms with Gasteiger partial charge in [-0.1, -0.05) is 6.07 Å². The van der Waals surface area contributed by atoms with E-state index in [1.54, 1.807) is 0 Å². The highest BCUT2D eigenvalue weighted by Gasteiger charge is 2.59. The topological polar surface area (TPSA) is 104 Å². The lowest BCUT2D eigenvalue weighted by molar-refractivity contribution is -0.385. The van der Waals surface area contributed by atoms with Crippen molar-refractivity contribution in [2.75, 3.05) is 0 Å². The molecule has 0 unspecified atom stereocenters. The number of nitrogens with zero attached hydrogens (tertiary/aromatic N) is 2. The van der Waals surface area contributed by atoms with Gasteiger partial charge in [0, 0.05) is 11.6 Å². The van der Waals surface area contributed by atoms with E-state index in [0.29, 0.717) is 18.2 Å². The van der Waals surface area contributed by atoms with Crippen molar-refractivity contribution in [3.05, 3.63) is 45.0 Å². The normalized spacial score (nSPS) is 12.6. The molecule has 128 valence electrons. The number of halogens is 5. The van der Waals surface area contributed by atoms with E-state index < -0.39 is 51.8 Å². The van der Waals surface area contributed by atoms with Crippen LogP contribution in [0.5, 0.6) is 0 Å². The fourth-order valence-corrected chi connectivity index (χ4v) is 1.64. The summed E-state index contributed by atoms with van der Waals surface area (Å²) in [6.45, 7) is 0. The molecule has 0 radical (unpaired) electrons. The molecular weight excluding hydrogens is 343 g/mol. The summed E-state index contributed by atoms with van der Waals surface area (Å²) in [6, 6.07) is 2.37. The van der Waals surface area contributed by atoms with Crippen LogP contribution < -0.4 is 0 Å². The summed E-state index contributed by atoms with van der Waals surface area (Å²) in [4.78, 5) is 20.5. The zero-order chi connectivity index (χ0) is 18.7. The summed E-state index contributed by atoms with van der Waals surface area (Å²) >= 11 is 0. The Hall–Kier alpha value is -3.03.